The summed E-state index contributed by atoms with van der Waals surface area (Å²) in [5.74, 6) is -1.47. The number of carbonyl (C=O) groups excluding carboxylic acids is 1. The van der Waals surface area contributed by atoms with Crippen LogP contribution in [0.25, 0.3) is 0 Å². The number of phenolic OH excluding ortho intramolecular Hbond substituents is 1. The number of aromatic hydroxyl groups is 1. The Bertz CT molecular complexity index is 495. The van der Waals surface area contributed by atoms with Gasteiger partial charge in [0.2, 0.25) is 5.91 Å². The van der Waals surface area contributed by atoms with Crippen LogP contribution in [0.15, 0.2) is 24.3 Å². The molecule has 1 aromatic rings. The molecule has 116 valence electrons. The fourth-order valence-corrected chi connectivity index (χ4v) is 1.94. The molecule has 1 amide bonds. The van der Waals surface area contributed by atoms with Gasteiger partial charge >= 0.3 is 5.97 Å². The lowest BCUT2D eigenvalue weighted by Crippen LogP contribution is -2.57. The third kappa shape index (κ3) is 4.46. The highest BCUT2D eigenvalue weighted by Crippen LogP contribution is 2.14. The van der Waals surface area contributed by atoms with Gasteiger partial charge in [-0.15, -0.1) is 0 Å². The van der Waals surface area contributed by atoms with E-state index in [2.05, 4.69) is 5.32 Å². The molecule has 6 nitrogen and oxygen atoms in total. The summed E-state index contributed by atoms with van der Waals surface area (Å²) < 4.78 is 0. The van der Waals surface area contributed by atoms with Crippen LogP contribution in [0, 0.1) is 0 Å². The summed E-state index contributed by atoms with van der Waals surface area (Å²) in [5, 5.41) is 21.0. The minimum absolute atomic E-state index is 0.104. The predicted molar refractivity (Wildman–Crippen MR) is 78.9 cm³/mol. The van der Waals surface area contributed by atoms with Crippen molar-refractivity contribution in [1.82, 2.24) is 5.32 Å². The Kier molecular flexibility index (Phi) is 5.72. The van der Waals surface area contributed by atoms with Gasteiger partial charge in [-0.3, -0.25) is 4.79 Å². The van der Waals surface area contributed by atoms with E-state index in [0.29, 0.717) is 18.4 Å². The van der Waals surface area contributed by atoms with Crippen molar-refractivity contribution >= 4 is 11.9 Å². The average molecular weight is 294 g/mol. The summed E-state index contributed by atoms with van der Waals surface area (Å²) in [6.07, 6.45) is 0.993. The van der Waals surface area contributed by atoms with Gasteiger partial charge in [0.1, 0.15) is 11.8 Å². The summed E-state index contributed by atoms with van der Waals surface area (Å²) in [5.41, 5.74) is 5.62. The molecule has 0 heterocycles. The molecule has 21 heavy (non-hydrogen) atoms. The van der Waals surface area contributed by atoms with Crippen LogP contribution in [0.4, 0.5) is 0 Å². The zero-order valence-corrected chi connectivity index (χ0v) is 12.3. The first kappa shape index (κ1) is 17.0. The topological polar surface area (TPSA) is 113 Å². The quantitative estimate of drug-likeness (QED) is 0.600. The molecule has 0 aliphatic carbocycles. The number of carboxylic acids is 1. The van der Waals surface area contributed by atoms with Gasteiger partial charge in [-0.1, -0.05) is 26.0 Å². The molecule has 1 unspecified atom stereocenters. The second kappa shape index (κ2) is 7.08. The van der Waals surface area contributed by atoms with Gasteiger partial charge < -0.3 is 21.3 Å². The van der Waals surface area contributed by atoms with Crippen LogP contribution in [0.5, 0.6) is 5.75 Å². The number of nitrogens with two attached hydrogens (primary N) is 1. The molecule has 0 aromatic heterocycles. The Morgan fingerprint density at radius 2 is 1.76 bits per heavy atom. The largest absolute Gasteiger partial charge is 0.508 e. The minimum atomic E-state index is -1.12. The third-order valence-electron chi connectivity index (χ3n) is 3.69. The number of hydrogen-bond acceptors (Lipinski definition) is 4. The number of phenols is 1. The van der Waals surface area contributed by atoms with Gasteiger partial charge in [0.15, 0.2) is 0 Å². The minimum Gasteiger partial charge on any atom is -0.508 e. The Hall–Kier alpha value is -2.08. The van der Waals surface area contributed by atoms with E-state index in [4.69, 9.17) is 5.73 Å². The summed E-state index contributed by atoms with van der Waals surface area (Å²) in [6, 6.07) is 5.13. The molecule has 0 aliphatic heterocycles. The van der Waals surface area contributed by atoms with E-state index in [1.54, 1.807) is 26.0 Å². The molecule has 5 N–H and O–H groups in total. The maximum absolute atomic E-state index is 12.1. The molecule has 0 saturated carbocycles. The van der Waals surface area contributed by atoms with Gasteiger partial charge in [0.25, 0.3) is 0 Å². The van der Waals surface area contributed by atoms with E-state index >= 15 is 0 Å². The summed E-state index contributed by atoms with van der Waals surface area (Å²) in [6.45, 7) is 3.58. The van der Waals surface area contributed by atoms with Crippen molar-refractivity contribution in [3.8, 4) is 5.75 Å². The second-order valence-electron chi connectivity index (χ2n) is 5.10. The van der Waals surface area contributed by atoms with Gasteiger partial charge in [-0.2, -0.15) is 0 Å². The van der Waals surface area contributed by atoms with E-state index in [9.17, 15) is 19.8 Å². The molecule has 0 spiro atoms. The zero-order chi connectivity index (χ0) is 16.0. The molecule has 1 atom stereocenters. The highest BCUT2D eigenvalue weighted by Gasteiger charge is 2.33. The van der Waals surface area contributed by atoms with Crippen LogP contribution < -0.4 is 11.1 Å². The maximum atomic E-state index is 12.1. The third-order valence-corrected chi connectivity index (χ3v) is 3.69. The van der Waals surface area contributed by atoms with Crippen molar-refractivity contribution in [2.45, 2.75) is 44.7 Å². The Balaban J connectivity index is 2.81. The fraction of sp³-hybridized carbons (Fsp3) is 0.467. The highest BCUT2D eigenvalue weighted by molar-refractivity contribution is 5.90. The normalized spacial score (nSPS) is 12.7. The van der Waals surface area contributed by atoms with Gasteiger partial charge in [0, 0.05) is 6.42 Å². The fourth-order valence-electron chi connectivity index (χ4n) is 1.94. The SMILES string of the molecule is CCC(N)(CC)C(=O)NC(Cc1ccc(O)cc1)C(=O)O. The molecule has 1 aromatic carbocycles. The first-order valence-electron chi connectivity index (χ1n) is 6.93. The first-order chi connectivity index (χ1) is 9.82. The van der Waals surface area contributed by atoms with Crippen LogP contribution in [0.2, 0.25) is 0 Å². The number of amides is 1. The van der Waals surface area contributed by atoms with Crippen molar-refractivity contribution in [2.75, 3.05) is 0 Å². The number of rotatable bonds is 7. The lowest BCUT2D eigenvalue weighted by atomic mass is 9.92. The maximum Gasteiger partial charge on any atom is 0.326 e. The van der Waals surface area contributed by atoms with Gasteiger partial charge in [-0.05, 0) is 30.5 Å². The predicted octanol–water partition coefficient (Wildman–Crippen LogP) is 1.02. The summed E-state index contributed by atoms with van der Waals surface area (Å²) in [7, 11) is 0. The number of carboxylic acid groups (broad SMARTS) is 1. The van der Waals surface area contributed by atoms with Gasteiger partial charge in [-0.25, -0.2) is 4.79 Å². The highest BCUT2D eigenvalue weighted by atomic mass is 16.4. The number of benzene rings is 1. The Morgan fingerprint density at radius 3 is 2.19 bits per heavy atom. The van der Waals surface area contributed by atoms with Crippen LogP contribution in [0.1, 0.15) is 32.3 Å². The molecule has 0 aliphatic rings. The van der Waals surface area contributed by atoms with E-state index in [1.165, 1.54) is 12.1 Å². The number of aliphatic carboxylic acids is 1. The molecule has 6 heteroatoms. The number of carbonyl (C=O) groups is 2. The lowest BCUT2D eigenvalue weighted by molar-refractivity contribution is -0.142. The summed E-state index contributed by atoms with van der Waals surface area (Å²) in [4.78, 5) is 23.5. The number of hydrogen-bond donors (Lipinski definition) is 4. The van der Waals surface area contributed by atoms with Crippen LogP contribution in [-0.2, 0) is 16.0 Å². The standard InChI is InChI=1S/C15H22N2O4/c1-3-15(16,4-2)14(21)17-12(13(19)20)9-10-5-7-11(18)8-6-10/h5-8,12,18H,3-4,9,16H2,1-2H3,(H,17,21)(H,19,20). The summed E-state index contributed by atoms with van der Waals surface area (Å²) >= 11 is 0. The molecule has 1 rings (SSSR count). The van der Waals surface area contributed by atoms with Crippen molar-refractivity contribution in [2.24, 2.45) is 5.73 Å². The molecule has 0 radical (unpaired) electrons. The van der Waals surface area contributed by atoms with E-state index in [0.717, 1.165) is 0 Å². The smallest absolute Gasteiger partial charge is 0.326 e. The van der Waals surface area contributed by atoms with Crippen molar-refractivity contribution < 1.29 is 19.8 Å². The number of nitrogens with one attached hydrogen (secondary N) is 1. The van der Waals surface area contributed by atoms with Crippen molar-refractivity contribution in [1.29, 1.82) is 0 Å². The van der Waals surface area contributed by atoms with E-state index < -0.39 is 23.5 Å². The van der Waals surface area contributed by atoms with Gasteiger partial charge in [0.05, 0.1) is 5.54 Å². The average Bonchev–Trinajstić information content (AvgIpc) is 2.47. The Labute approximate surface area is 124 Å². The van der Waals surface area contributed by atoms with Crippen molar-refractivity contribution in [3.05, 3.63) is 29.8 Å². The monoisotopic (exact) mass is 294 g/mol. The zero-order valence-electron chi connectivity index (χ0n) is 12.3. The van der Waals surface area contributed by atoms with Crippen molar-refractivity contribution in [3.63, 3.8) is 0 Å². The molecule has 0 saturated heterocycles. The lowest BCUT2D eigenvalue weighted by Gasteiger charge is -2.27. The molecular weight excluding hydrogens is 272 g/mol. The van der Waals surface area contributed by atoms with E-state index in [-0.39, 0.29) is 12.2 Å². The first-order valence-corrected chi connectivity index (χ1v) is 6.93. The molecular formula is C15H22N2O4. The molecule has 0 bridgehead atoms. The Morgan fingerprint density at radius 1 is 1.24 bits per heavy atom. The van der Waals surface area contributed by atoms with Crippen LogP contribution >= 0.6 is 0 Å². The van der Waals surface area contributed by atoms with Crippen LogP contribution in [-0.4, -0.2) is 33.7 Å². The van der Waals surface area contributed by atoms with E-state index in [1.807, 2.05) is 0 Å². The second-order valence-corrected chi connectivity index (χ2v) is 5.10. The molecule has 0 fully saturated rings. The van der Waals surface area contributed by atoms with Crippen LogP contribution in [0.3, 0.4) is 0 Å².